The molecule has 0 aromatic heterocycles. The summed E-state index contributed by atoms with van der Waals surface area (Å²) in [4.78, 5) is 12.6. The van der Waals surface area contributed by atoms with Crippen LogP contribution in [0.15, 0.2) is 48.6 Å². The molecule has 0 saturated carbocycles. The second kappa shape index (κ2) is 65.1. The lowest BCUT2D eigenvalue weighted by atomic mass is 10.00. The number of carbonyl (C=O) groups excluding carboxylic acids is 1. The number of hydrogen-bond acceptors (Lipinski definition) is 5. The Labute approximate surface area is 480 Å². The van der Waals surface area contributed by atoms with Gasteiger partial charge in [-0.3, -0.25) is 4.79 Å². The van der Waals surface area contributed by atoms with Crippen molar-refractivity contribution in [3.05, 3.63) is 48.6 Å². The second-order valence-corrected chi connectivity index (χ2v) is 23.9. The molecule has 0 aromatic carbocycles. The van der Waals surface area contributed by atoms with Crippen molar-refractivity contribution in [1.82, 2.24) is 5.32 Å². The van der Waals surface area contributed by atoms with E-state index in [0.717, 1.165) is 44.9 Å². The monoisotopic (exact) mass is 1080 g/mol. The van der Waals surface area contributed by atoms with Crippen LogP contribution in [0.4, 0.5) is 0 Å². The topological polar surface area (TPSA) is 110 Å². The minimum Gasteiger partial charge on any atom is -0.394 e. The van der Waals surface area contributed by atoms with Gasteiger partial charge in [0.05, 0.1) is 18.8 Å². The molecule has 0 rings (SSSR count). The van der Waals surface area contributed by atoms with E-state index in [9.17, 15) is 25.2 Å². The van der Waals surface area contributed by atoms with E-state index < -0.39 is 36.9 Å². The zero-order valence-corrected chi connectivity index (χ0v) is 51.7. The molecule has 4 unspecified atom stereocenters. The normalized spacial score (nSPS) is 13.8. The lowest BCUT2D eigenvalue weighted by Gasteiger charge is -2.27. The molecule has 0 heterocycles. The number of carbonyl (C=O) groups is 1. The summed E-state index contributed by atoms with van der Waals surface area (Å²) in [5.41, 5.74) is 0. The molecule has 454 valence electrons. The minimum absolute atomic E-state index is 0.360. The van der Waals surface area contributed by atoms with E-state index in [1.807, 2.05) is 0 Å². The fraction of sp³-hybridized carbons (Fsp3) is 0.873. The van der Waals surface area contributed by atoms with Gasteiger partial charge in [0.2, 0.25) is 5.91 Å². The van der Waals surface area contributed by atoms with E-state index in [0.29, 0.717) is 19.3 Å². The molecule has 4 atom stereocenters. The zero-order chi connectivity index (χ0) is 55.8. The molecule has 0 fully saturated rings. The molecule has 0 saturated heterocycles. The maximum absolute atomic E-state index is 12.6. The lowest BCUT2D eigenvalue weighted by molar-refractivity contribution is -0.132. The third-order valence-electron chi connectivity index (χ3n) is 16.2. The first-order chi connectivity index (χ1) is 38.0. The van der Waals surface area contributed by atoms with Gasteiger partial charge in [-0.15, -0.1) is 0 Å². The Balaban J connectivity index is 3.58. The highest BCUT2D eigenvalue weighted by Crippen LogP contribution is 2.18. The van der Waals surface area contributed by atoms with Crippen LogP contribution in [-0.4, -0.2) is 57.3 Å². The van der Waals surface area contributed by atoms with Crippen LogP contribution in [0, 0.1) is 0 Å². The number of amides is 1. The quantitative estimate of drug-likeness (QED) is 0.0308. The number of rotatable bonds is 64. The Morgan fingerprint density at radius 2 is 0.584 bits per heavy atom. The van der Waals surface area contributed by atoms with Crippen LogP contribution in [0.5, 0.6) is 0 Å². The highest BCUT2D eigenvalue weighted by Gasteiger charge is 2.28. The first kappa shape index (κ1) is 75.3. The third-order valence-corrected chi connectivity index (χ3v) is 16.2. The van der Waals surface area contributed by atoms with Crippen molar-refractivity contribution in [2.24, 2.45) is 0 Å². The molecule has 5 N–H and O–H groups in total. The molecular formula is C71H135NO5. The SMILES string of the molecule is CCCCCCCCCCCCCCCC/C=C/CC/C=C/CCCC(O)C(O)C(CO)NC(=O)C(O)CCCCCCCCCCCCCCCCCC/C=C\C/C=C\CCCCCCCCCCCCCCCCC. The van der Waals surface area contributed by atoms with Crippen molar-refractivity contribution in [1.29, 1.82) is 0 Å². The van der Waals surface area contributed by atoms with E-state index in [1.165, 1.54) is 289 Å². The minimum atomic E-state index is -1.29. The molecule has 0 aliphatic rings. The van der Waals surface area contributed by atoms with E-state index in [-0.39, 0.29) is 0 Å². The van der Waals surface area contributed by atoms with Crippen LogP contribution in [0.3, 0.4) is 0 Å². The van der Waals surface area contributed by atoms with Crippen molar-refractivity contribution in [2.75, 3.05) is 6.61 Å². The number of hydrogen-bond donors (Lipinski definition) is 5. The maximum Gasteiger partial charge on any atom is 0.249 e. The van der Waals surface area contributed by atoms with Gasteiger partial charge >= 0.3 is 0 Å². The average Bonchev–Trinajstić information content (AvgIpc) is 3.43. The average molecular weight is 1080 g/mol. The molecule has 0 spiro atoms. The van der Waals surface area contributed by atoms with Gasteiger partial charge in [0.25, 0.3) is 0 Å². The van der Waals surface area contributed by atoms with Gasteiger partial charge in [-0.05, 0) is 83.5 Å². The van der Waals surface area contributed by atoms with Crippen LogP contribution in [-0.2, 0) is 4.79 Å². The number of unbranched alkanes of at least 4 members (excludes halogenated alkanes) is 47. The Morgan fingerprint density at radius 3 is 0.896 bits per heavy atom. The zero-order valence-electron chi connectivity index (χ0n) is 51.7. The Kier molecular flexibility index (Phi) is 63.6. The summed E-state index contributed by atoms with van der Waals surface area (Å²) < 4.78 is 0. The van der Waals surface area contributed by atoms with Crippen molar-refractivity contribution in [3.63, 3.8) is 0 Å². The summed E-state index contributed by atoms with van der Waals surface area (Å²) in [5, 5.41) is 44.1. The highest BCUT2D eigenvalue weighted by atomic mass is 16.3. The summed E-state index contributed by atoms with van der Waals surface area (Å²) in [6.45, 7) is 4.08. The van der Waals surface area contributed by atoms with Crippen LogP contribution >= 0.6 is 0 Å². The fourth-order valence-corrected chi connectivity index (χ4v) is 10.9. The van der Waals surface area contributed by atoms with Gasteiger partial charge in [-0.1, -0.05) is 332 Å². The Morgan fingerprint density at radius 1 is 0.325 bits per heavy atom. The molecule has 0 aliphatic heterocycles. The summed E-state index contributed by atoms with van der Waals surface area (Å²) in [7, 11) is 0. The maximum atomic E-state index is 12.6. The first-order valence-corrected chi connectivity index (χ1v) is 34.5. The van der Waals surface area contributed by atoms with Gasteiger partial charge in [0, 0.05) is 0 Å². The molecule has 77 heavy (non-hydrogen) atoms. The molecule has 0 radical (unpaired) electrons. The molecule has 6 heteroatoms. The smallest absolute Gasteiger partial charge is 0.249 e. The van der Waals surface area contributed by atoms with E-state index in [2.05, 4.69) is 67.8 Å². The number of aliphatic hydroxyl groups is 4. The molecular weight excluding hydrogens is 947 g/mol. The van der Waals surface area contributed by atoms with Gasteiger partial charge in [-0.25, -0.2) is 0 Å². The summed E-state index contributed by atoms with van der Waals surface area (Å²) in [5.74, 6) is -0.593. The third kappa shape index (κ3) is 58.7. The van der Waals surface area contributed by atoms with Gasteiger partial charge in [0.15, 0.2) is 0 Å². The lowest BCUT2D eigenvalue weighted by Crippen LogP contribution is -2.53. The standard InChI is InChI=1S/C71H135NO5/c1-3-5-7-9-11-13-15-17-19-21-23-25-27-28-29-30-31-32-33-34-35-36-37-38-39-40-41-43-45-47-49-51-53-55-57-59-61-63-65-69(75)71(77)72-67(66-73)70(76)68(74)64-62-60-58-56-54-52-50-48-46-44-42-26-24-22-20-18-16-14-12-10-8-6-4-2/h31-32,34-35,48,50,56,58,67-70,73-76H,3-30,33,36-47,49,51-55,57,59-66H2,1-2H3,(H,72,77)/b32-31-,35-34-,50-48+,58-56+. The van der Waals surface area contributed by atoms with E-state index in [1.54, 1.807) is 0 Å². The molecule has 0 bridgehead atoms. The van der Waals surface area contributed by atoms with Crippen LogP contribution < -0.4 is 5.32 Å². The molecule has 6 nitrogen and oxygen atoms in total. The molecule has 0 aliphatic carbocycles. The Bertz CT molecular complexity index is 1260. The van der Waals surface area contributed by atoms with Gasteiger partial charge in [0.1, 0.15) is 12.2 Å². The number of allylic oxidation sites excluding steroid dienone is 8. The van der Waals surface area contributed by atoms with Crippen LogP contribution in [0.2, 0.25) is 0 Å². The van der Waals surface area contributed by atoms with Gasteiger partial charge in [-0.2, -0.15) is 0 Å². The van der Waals surface area contributed by atoms with E-state index in [4.69, 9.17) is 0 Å². The highest BCUT2D eigenvalue weighted by molar-refractivity contribution is 5.80. The largest absolute Gasteiger partial charge is 0.394 e. The fourth-order valence-electron chi connectivity index (χ4n) is 10.9. The summed E-state index contributed by atoms with van der Waals surface area (Å²) in [6.07, 6.45) is 85.3. The van der Waals surface area contributed by atoms with Gasteiger partial charge < -0.3 is 25.7 Å². The van der Waals surface area contributed by atoms with Crippen molar-refractivity contribution in [2.45, 2.75) is 391 Å². The molecule has 0 aromatic rings. The first-order valence-electron chi connectivity index (χ1n) is 34.5. The predicted octanol–water partition coefficient (Wildman–Crippen LogP) is 21.3. The summed E-state index contributed by atoms with van der Waals surface area (Å²) >= 11 is 0. The van der Waals surface area contributed by atoms with Crippen LogP contribution in [0.1, 0.15) is 367 Å². The molecule has 1 amide bonds. The second-order valence-electron chi connectivity index (χ2n) is 23.9. The predicted molar refractivity (Wildman–Crippen MR) is 339 cm³/mol. The van der Waals surface area contributed by atoms with Crippen molar-refractivity contribution < 1.29 is 25.2 Å². The van der Waals surface area contributed by atoms with Crippen molar-refractivity contribution in [3.8, 4) is 0 Å². The Hall–Kier alpha value is -1.73. The van der Waals surface area contributed by atoms with E-state index >= 15 is 0 Å². The number of aliphatic hydroxyl groups excluding tert-OH is 4. The van der Waals surface area contributed by atoms with Crippen LogP contribution in [0.25, 0.3) is 0 Å². The number of nitrogens with one attached hydrogen (secondary N) is 1. The van der Waals surface area contributed by atoms with Crippen molar-refractivity contribution >= 4 is 5.91 Å². The summed E-state index contributed by atoms with van der Waals surface area (Å²) in [6, 6.07) is -1.01.